The number of fused-ring (bicyclic) bond motifs is 1. The Labute approximate surface area is 146 Å². The van der Waals surface area contributed by atoms with Crippen molar-refractivity contribution in [3.63, 3.8) is 0 Å². The molecule has 3 aromatic rings. The second-order valence-electron chi connectivity index (χ2n) is 6.47. The summed E-state index contributed by atoms with van der Waals surface area (Å²) < 4.78 is 3.69. The molecule has 1 aliphatic rings. The highest BCUT2D eigenvalue weighted by Crippen LogP contribution is 2.20. The SMILES string of the molecule is O=c1c(Cc2ccccc2)c(O)[n+]2c(n1-c1ccccc1)CCCC2. The van der Waals surface area contributed by atoms with Crippen LogP contribution in [0.25, 0.3) is 5.69 Å². The van der Waals surface area contributed by atoms with Crippen molar-refractivity contribution < 1.29 is 9.67 Å². The second-order valence-corrected chi connectivity index (χ2v) is 6.47. The molecule has 0 spiro atoms. The normalized spacial score (nSPS) is 13.4. The van der Waals surface area contributed by atoms with E-state index in [1.54, 1.807) is 4.57 Å². The van der Waals surface area contributed by atoms with Gasteiger partial charge in [-0.25, -0.2) is 4.79 Å². The first-order chi connectivity index (χ1) is 12.3. The molecular formula is C21H21N2O2+. The maximum absolute atomic E-state index is 13.3. The quantitative estimate of drug-likeness (QED) is 0.749. The molecule has 0 amide bonds. The first kappa shape index (κ1) is 15.6. The zero-order valence-corrected chi connectivity index (χ0v) is 14.1. The van der Waals surface area contributed by atoms with E-state index in [0.29, 0.717) is 12.0 Å². The van der Waals surface area contributed by atoms with Gasteiger partial charge in [0.1, 0.15) is 11.3 Å². The van der Waals surface area contributed by atoms with Crippen molar-refractivity contribution in [1.29, 1.82) is 0 Å². The van der Waals surface area contributed by atoms with Gasteiger partial charge in [-0.1, -0.05) is 48.5 Å². The van der Waals surface area contributed by atoms with Crippen LogP contribution in [0, 0.1) is 0 Å². The monoisotopic (exact) mass is 333 g/mol. The Bertz CT molecular complexity index is 947. The second kappa shape index (κ2) is 6.55. The molecule has 2 heterocycles. The highest BCUT2D eigenvalue weighted by Gasteiger charge is 2.30. The van der Waals surface area contributed by atoms with Gasteiger partial charge in [0.2, 0.25) is 0 Å². The van der Waals surface area contributed by atoms with E-state index in [1.807, 2.05) is 65.2 Å². The third-order valence-electron chi connectivity index (χ3n) is 4.83. The van der Waals surface area contributed by atoms with E-state index in [0.717, 1.165) is 42.9 Å². The first-order valence-electron chi connectivity index (χ1n) is 8.74. The van der Waals surface area contributed by atoms with Crippen molar-refractivity contribution in [3.8, 4) is 11.6 Å². The summed E-state index contributed by atoms with van der Waals surface area (Å²) in [5, 5.41) is 10.8. The molecule has 1 aliphatic heterocycles. The molecule has 1 aromatic heterocycles. The highest BCUT2D eigenvalue weighted by atomic mass is 16.3. The molecule has 4 nitrogen and oxygen atoms in total. The van der Waals surface area contributed by atoms with Gasteiger partial charge in [0.05, 0.1) is 13.0 Å². The Morgan fingerprint density at radius 1 is 0.960 bits per heavy atom. The van der Waals surface area contributed by atoms with Crippen LogP contribution in [0.3, 0.4) is 0 Å². The minimum absolute atomic E-state index is 0.121. The number of nitrogens with zero attached hydrogens (tertiary/aromatic N) is 2. The van der Waals surface area contributed by atoms with Gasteiger partial charge in [-0.2, -0.15) is 9.13 Å². The topological polar surface area (TPSA) is 46.1 Å². The van der Waals surface area contributed by atoms with Crippen molar-refractivity contribution >= 4 is 0 Å². The van der Waals surface area contributed by atoms with E-state index in [2.05, 4.69) is 0 Å². The van der Waals surface area contributed by atoms with Crippen molar-refractivity contribution in [3.05, 3.63) is 88.0 Å². The number of para-hydroxylation sites is 1. The lowest BCUT2D eigenvalue weighted by atomic mass is 10.0. The zero-order valence-electron chi connectivity index (χ0n) is 14.1. The summed E-state index contributed by atoms with van der Waals surface area (Å²) in [6.07, 6.45) is 3.27. The maximum Gasteiger partial charge on any atom is 0.350 e. The summed E-state index contributed by atoms with van der Waals surface area (Å²) >= 11 is 0. The molecular weight excluding hydrogens is 312 g/mol. The molecule has 4 rings (SSSR count). The number of aromatic hydroxyl groups is 1. The van der Waals surface area contributed by atoms with Crippen LogP contribution in [0.1, 0.15) is 29.8 Å². The van der Waals surface area contributed by atoms with E-state index in [-0.39, 0.29) is 11.4 Å². The van der Waals surface area contributed by atoms with E-state index in [4.69, 9.17) is 0 Å². The molecule has 2 aromatic carbocycles. The number of aromatic nitrogens is 2. The molecule has 126 valence electrons. The summed E-state index contributed by atoms with van der Waals surface area (Å²) in [5.41, 5.74) is 2.21. The summed E-state index contributed by atoms with van der Waals surface area (Å²) in [5.74, 6) is 1.01. The Kier molecular flexibility index (Phi) is 4.10. The molecule has 1 N–H and O–H groups in total. The molecule has 0 saturated heterocycles. The summed E-state index contributed by atoms with van der Waals surface area (Å²) in [6, 6.07) is 19.5. The largest absolute Gasteiger partial charge is 0.477 e. The lowest BCUT2D eigenvalue weighted by Crippen LogP contribution is -2.49. The van der Waals surface area contributed by atoms with E-state index >= 15 is 0 Å². The summed E-state index contributed by atoms with van der Waals surface area (Å²) in [4.78, 5) is 13.3. The smallest absolute Gasteiger partial charge is 0.350 e. The van der Waals surface area contributed by atoms with Gasteiger partial charge in [0.25, 0.3) is 11.7 Å². The van der Waals surface area contributed by atoms with Gasteiger partial charge >= 0.3 is 5.56 Å². The number of hydrogen-bond acceptors (Lipinski definition) is 2. The van der Waals surface area contributed by atoms with Crippen LogP contribution in [0.5, 0.6) is 5.88 Å². The zero-order chi connectivity index (χ0) is 17.2. The molecule has 0 bridgehead atoms. The minimum atomic E-state index is -0.124. The fraction of sp³-hybridized carbons (Fsp3) is 0.238. The number of benzene rings is 2. The molecule has 25 heavy (non-hydrogen) atoms. The third-order valence-corrected chi connectivity index (χ3v) is 4.83. The lowest BCUT2D eigenvalue weighted by molar-refractivity contribution is -0.719. The van der Waals surface area contributed by atoms with Crippen LogP contribution in [0.15, 0.2) is 65.5 Å². The molecule has 0 fully saturated rings. The summed E-state index contributed by atoms with van der Waals surface area (Å²) in [6.45, 7) is 0.746. The Hall–Kier alpha value is -2.88. The predicted molar refractivity (Wildman–Crippen MR) is 96.1 cm³/mol. The molecule has 0 unspecified atom stereocenters. The van der Waals surface area contributed by atoms with Gasteiger partial charge in [-0.15, -0.1) is 0 Å². The third kappa shape index (κ3) is 2.84. The molecule has 0 atom stereocenters. The molecule has 0 radical (unpaired) electrons. The fourth-order valence-electron chi connectivity index (χ4n) is 3.59. The number of rotatable bonds is 3. The highest BCUT2D eigenvalue weighted by molar-refractivity contribution is 5.36. The van der Waals surface area contributed by atoms with Crippen molar-refractivity contribution in [1.82, 2.24) is 4.57 Å². The molecule has 0 saturated carbocycles. The Morgan fingerprint density at radius 3 is 2.36 bits per heavy atom. The minimum Gasteiger partial charge on any atom is -0.477 e. The van der Waals surface area contributed by atoms with Gasteiger partial charge in [0.15, 0.2) is 0 Å². The van der Waals surface area contributed by atoms with Gasteiger partial charge in [0, 0.05) is 6.42 Å². The van der Waals surface area contributed by atoms with Crippen molar-refractivity contribution in [2.45, 2.75) is 32.2 Å². The van der Waals surface area contributed by atoms with Crippen LogP contribution in [-0.4, -0.2) is 9.67 Å². The van der Waals surface area contributed by atoms with Crippen LogP contribution in [0.4, 0.5) is 0 Å². The predicted octanol–water partition coefficient (Wildman–Crippen LogP) is 2.76. The van der Waals surface area contributed by atoms with Gasteiger partial charge in [-0.05, 0) is 30.5 Å². The van der Waals surface area contributed by atoms with Crippen LogP contribution >= 0.6 is 0 Å². The number of hydrogen-bond donors (Lipinski definition) is 1. The fourth-order valence-corrected chi connectivity index (χ4v) is 3.59. The molecule has 4 heteroatoms. The van der Waals surface area contributed by atoms with Gasteiger partial charge in [-0.3, -0.25) is 0 Å². The van der Waals surface area contributed by atoms with Crippen LogP contribution in [-0.2, 0) is 19.4 Å². The Morgan fingerprint density at radius 2 is 1.64 bits per heavy atom. The standard InChI is InChI=1S/C21H20N2O2/c24-20-18(15-16-9-3-1-4-10-16)21(25)23(17-11-5-2-6-12-17)19-13-7-8-14-22(19)20/h1-6,9-12H,7-8,13-15H2/p+1. The lowest BCUT2D eigenvalue weighted by Gasteiger charge is -2.18. The first-order valence-corrected chi connectivity index (χ1v) is 8.74. The molecule has 0 aliphatic carbocycles. The van der Waals surface area contributed by atoms with Crippen molar-refractivity contribution in [2.24, 2.45) is 0 Å². The average Bonchev–Trinajstić information content (AvgIpc) is 2.67. The van der Waals surface area contributed by atoms with Crippen LogP contribution in [0.2, 0.25) is 0 Å². The Balaban J connectivity index is 1.95. The van der Waals surface area contributed by atoms with E-state index in [1.165, 1.54) is 0 Å². The van der Waals surface area contributed by atoms with Gasteiger partial charge < -0.3 is 5.11 Å². The summed E-state index contributed by atoms with van der Waals surface area (Å²) in [7, 11) is 0. The van der Waals surface area contributed by atoms with Crippen LogP contribution < -0.4 is 10.1 Å². The average molecular weight is 333 g/mol. The maximum atomic E-state index is 13.3. The van der Waals surface area contributed by atoms with E-state index in [9.17, 15) is 9.90 Å². The van der Waals surface area contributed by atoms with E-state index < -0.39 is 0 Å². The van der Waals surface area contributed by atoms with Crippen molar-refractivity contribution in [2.75, 3.05) is 0 Å².